The summed E-state index contributed by atoms with van der Waals surface area (Å²) in [6.07, 6.45) is 3.24. The van der Waals surface area contributed by atoms with Crippen LogP contribution in [-0.4, -0.2) is 48.1 Å². The van der Waals surface area contributed by atoms with Crippen LogP contribution >= 0.6 is 0 Å². The van der Waals surface area contributed by atoms with E-state index in [0.29, 0.717) is 11.5 Å². The predicted octanol–water partition coefficient (Wildman–Crippen LogP) is 5.18. The Morgan fingerprint density at radius 2 is 1.82 bits per heavy atom. The molecule has 0 saturated carbocycles. The number of piperidine rings is 1. The second-order valence-corrected chi connectivity index (χ2v) is 9.09. The zero-order valence-electron chi connectivity index (χ0n) is 19.9. The van der Waals surface area contributed by atoms with Crippen LogP contribution < -0.4 is 10.2 Å². The molecular weight excluding hydrogens is 415 g/mol. The minimum Gasteiger partial charge on any atom is -0.358 e. The number of aromatic nitrogens is 1. The first-order chi connectivity index (χ1) is 16.0. The zero-order valence-corrected chi connectivity index (χ0v) is 19.9. The van der Waals surface area contributed by atoms with Crippen molar-refractivity contribution in [1.29, 1.82) is 0 Å². The highest BCUT2D eigenvalue weighted by Crippen LogP contribution is 2.28. The fourth-order valence-corrected chi connectivity index (χ4v) is 4.90. The zero-order chi connectivity index (χ0) is 23.4. The van der Waals surface area contributed by atoms with Crippen LogP contribution in [-0.2, 0) is 6.42 Å². The number of nitrogens with one attached hydrogen (secondary N) is 2. The lowest BCUT2D eigenvalue weighted by Crippen LogP contribution is -2.46. The van der Waals surface area contributed by atoms with Crippen LogP contribution in [0.3, 0.4) is 0 Å². The first-order valence-corrected chi connectivity index (χ1v) is 12.1. The van der Waals surface area contributed by atoms with Gasteiger partial charge in [0, 0.05) is 29.6 Å². The van der Waals surface area contributed by atoms with E-state index in [1.54, 1.807) is 12.1 Å². The molecule has 1 atom stereocenters. The summed E-state index contributed by atoms with van der Waals surface area (Å²) in [6, 6.07) is 14.9. The van der Waals surface area contributed by atoms with Crippen LogP contribution in [0.2, 0.25) is 0 Å². The summed E-state index contributed by atoms with van der Waals surface area (Å²) in [7, 11) is 0. The summed E-state index contributed by atoms with van der Waals surface area (Å²) in [5.74, 6) is 1.52. The third kappa shape index (κ3) is 5.56. The van der Waals surface area contributed by atoms with Gasteiger partial charge in [0.05, 0.1) is 6.17 Å². The third-order valence-corrected chi connectivity index (χ3v) is 6.96. The normalized spacial score (nSPS) is 15.8. The number of nitrogens with zero attached hydrogens (tertiary/aromatic N) is 2. The Kier molecular flexibility index (Phi) is 7.33. The third-order valence-electron chi connectivity index (χ3n) is 6.96. The fourth-order valence-electron chi connectivity index (χ4n) is 4.90. The van der Waals surface area contributed by atoms with Crippen LogP contribution in [0, 0.1) is 11.7 Å². The van der Waals surface area contributed by atoms with Gasteiger partial charge in [-0.3, -0.25) is 9.69 Å². The van der Waals surface area contributed by atoms with E-state index in [-0.39, 0.29) is 17.9 Å². The van der Waals surface area contributed by atoms with Gasteiger partial charge in [-0.2, -0.15) is 0 Å². The molecular formula is C27H35FN4O. The average Bonchev–Trinajstić information content (AvgIpc) is 3.25. The summed E-state index contributed by atoms with van der Waals surface area (Å²) < 4.78 is 13.1. The van der Waals surface area contributed by atoms with Crippen molar-refractivity contribution in [2.24, 2.45) is 5.92 Å². The molecule has 2 aromatic carbocycles. The number of benzene rings is 2. The summed E-state index contributed by atoms with van der Waals surface area (Å²) >= 11 is 0. The van der Waals surface area contributed by atoms with Crippen LogP contribution in [0.15, 0.2) is 48.5 Å². The van der Waals surface area contributed by atoms with Crippen LogP contribution in [0.5, 0.6) is 0 Å². The van der Waals surface area contributed by atoms with Crippen molar-refractivity contribution in [3.8, 4) is 0 Å². The molecule has 0 radical (unpaired) electrons. The van der Waals surface area contributed by atoms with E-state index in [4.69, 9.17) is 0 Å². The molecule has 0 bridgehead atoms. The Morgan fingerprint density at radius 1 is 1.12 bits per heavy atom. The molecule has 3 aromatic rings. The molecule has 0 spiro atoms. The van der Waals surface area contributed by atoms with Crippen molar-refractivity contribution in [2.45, 2.75) is 46.2 Å². The number of carbonyl (C=O) groups excluding carboxylic acids is 1. The molecule has 1 unspecified atom stereocenters. The number of anilines is 1. The number of halogens is 1. The smallest absolute Gasteiger partial charge is 0.252 e. The van der Waals surface area contributed by atoms with Gasteiger partial charge in [-0.25, -0.2) is 4.39 Å². The van der Waals surface area contributed by atoms with Gasteiger partial charge >= 0.3 is 0 Å². The molecule has 1 amide bonds. The fraction of sp³-hybridized carbons (Fsp3) is 0.444. The molecule has 176 valence electrons. The van der Waals surface area contributed by atoms with Gasteiger partial charge in [0.1, 0.15) is 11.6 Å². The van der Waals surface area contributed by atoms with Gasteiger partial charge in [0.25, 0.3) is 5.91 Å². The van der Waals surface area contributed by atoms with Crippen LogP contribution in [0.4, 0.5) is 10.2 Å². The molecule has 1 fully saturated rings. The van der Waals surface area contributed by atoms with E-state index in [2.05, 4.69) is 40.0 Å². The highest BCUT2D eigenvalue weighted by molar-refractivity contribution is 5.98. The minimum absolute atomic E-state index is 0.00110. The van der Waals surface area contributed by atoms with Crippen molar-refractivity contribution in [1.82, 2.24) is 15.2 Å². The maximum absolute atomic E-state index is 13.1. The van der Waals surface area contributed by atoms with Gasteiger partial charge in [0.15, 0.2) is 0 Å². The lowest BCUT2D eigenvalue weighted by Gasteiger charge is -2.32. The van der Waals surface area contributed by atoms with Crippen molar-refractivity contribution in [3.63, 3.8) is 0 Å². The number of aromatic amines is 1. The molecule has 0 aliphatic carbocycles. The van der Waals surface area contributed by atoms with Crippen molar-refractivity contribution >= 4 is 22.6 Å². The van der Waals surface area contributed by atoms with Crippen molar-refractivity contribution in [3.05, 3.63) is 65.5 Å². The summed E-state index contributed by atoms with van der Waals surface area (Å²) in [6.45, 7) is 10.0. The second-order valence-electron chi connectivity index (χ2n) is 9.09. The number of fused-ring (bicyclic) bond motifs is 1. The Hall–Kier alpha value is -2.86. The lowest BCUT2D eigenvalue weighted by atomic mass is 9.90. The van der Waals surface area contributed by atoms with Crippen LogP contribution in [0.25, 0.3) is 10.9 Å². The number of carbonyl (C=O) groups is 1. The Bertz CT molecular complexity index is 1070. The largest absolute Gasteiger partial charge is 0.358 e. The van der Waals surface area contributed by atoms with E-state index < -0.39 is 0 Å². The van der Waals surface area contributed by atoms with E-state index >= 15 is 0 Å². The molecule has 2 heterocycles. The predicted molar refractivity (Wildman–Crippen MR) is 133 cm³/mol. The number of rotatable bonds is 8. The number of hydrogen-bond donors (Lipinski definition) is 2. The first-order valence-electron chi connectivity index (χ1n) is 12.1. The Morgan fingerprint density at radius 3 is 2.48 bits per heavy atom. The molecule has 6 heteroatoms. The van der Waals surface area contributed by atoms with E-state index in [9.17, 15) is 9.18 Å². The maximum atomic E-state index is 13.1. The molecule has 5 nitrogen and oxygen atoms in total. The van der Waals surface area contributed by atoms with Crippen molar-refractivity contribution in [2.75, 3.05) is 31.1 Å². The van der Waals surface area contributed by atoms with E-state index in [1.165, 1.54) is 5.56 Å². The second kappa shape index (κ2) is 10.4. The molecule has 1 aromatic heterocycles. The topological polar surface area (TPSA) is 51.4 Å². The molecule has 4 rings (SSSR count). The molecule has 1 aliphatic heterocycles. The van der Waals surface area contributed by atoms with Gasteiger partial charge in [-0.1, -0.05) is 26.0 Å². The van der Waals surface area contributed by atoms with Gasteiger partial charge in [-0.05, 0) is 87.2 Å². The van der Waals surface area contributed by atoms with Gasteiger partial charge < -0.3 is 15.2 Å². The van der Waals surface area contributed by atoms with Crippen LogP contribution in [0.1, 0.15) is 49.5 Å². The molecule has 1 saturated heterocycles. The number of hydrogen-bond acceptors (Lipinski definition) is 3. The first kappa shape index (κ1) is 23.3. The highest BCUT2D eigenvalue weighted by atomic mass is 19.1. The lowest BCUT2D eigenvalue weighted by molar-refractivity contribution is 0.0875. The quantitative estimate of drug-likeness (QED) is 0.465. The standard InChI is InChI=1S/C27H35FN4O/c1-4-31(5-2)19(3)29-27(33)22-8-11-25-23(17-22)18-26(30-25)32-14-12-21(13-15-32)16-20-6-9-24(28)10-7-20/h6-11,17-19,21,30H,4-5,12-16H2,1-3H3,(H,29,33). The monoisotopic (exact) mass is 450 g/mol. The Labute approximate surface area is 196 Å². The molecule has 2 N–H and O–H groups in total. The van der Waals surface area contributed by atoms with E-state index in [1.807, 2.05) is 37.3 Å². The highest BCUT2D eigenvalue weighted by Gasteiger charge is 2.21. The summed E-state index contributed by atoms with van der Waals surface area (Å²) in [5, 5.41) is 4.16. The summed E-state index contributed by atoms with van der Waals surface area (Å²) in [5.41, 5.74) is 2.94. The number of H-pyrrole nitrogens is 1. The summed E-state index contributed by atoms with van der Waals surface area (Å²) in [4.78, 5) is 20.9. The van der Waals surface area contributed by atoms with Gasteiger partial charge in [0.2, 0.25) is 0 Å². The average molecular weight is 451 g/mol. The molecule has 33 heavy (non-hydrogen) atoms. The Balaban J connectivity index is 1.37. The maximum Gasteiger partial charge on any atom is 0.252 e. The van der Waals surface area contributed by atoms with Gasteiger partial charge in [-0.15, -0.1) is 0 Å². The number of amides is 1. The SMILES string of the molecule is CCN(CC)C(C)NC(=O)c1ccc2[nH]c(N3CCC(Cc4ccc(F)cc4)CC3)cc2c1. The minimum atomic E-state index is -0.175. The van der Waals surface area contributed by atoms with E-state index in [0.717, 1.165) is 62.2 Å². The van der Waals surface area contributed by atoms with Crippen molar-refractivity contribution < 1.29 is 9.18 Å². The molecule has 1 aliphatic rings.